The number of hydrogen-bond donors (Lipinski definition) is 0. The highest BCUT2D eigenvalue weighted by molar-refractivity contribution is 5.55. The van der Waals surface area contributed by atoms with Gasteiger partial charge in [-0.3, -0.25) is 4.90 Å². The maximum atomic E-state index is 5.83. The van der Waals surface area contributed by atoms with Gasteiger partial charge in [0.15, 0.2) is 0 Å². The average molecular weight is 328 g/mol. The third-order valence-corrected chi connectivity index (χ3v) is 4.96. The number of benzene rings is 1. The van der Waals surface area contributed by atoms with Gasteiger partial charge in [0.1, 0.15) is 0 Å². The number of anilines is 1. The molecule has 24 heavy (non-hydrogen) atoms. The van der Waals surface area contributed by atoms with Crippen LogP contribution in [0.4, 0.5) is 6.01 Å². The molecule has 0 amide bonds. The Morgan fingerprint density at radius 1 is 1.17 bits per heavy atom. The van der Waals surface area contributed by atoms with Crippen LogP contribution in [0.5, 0.6) is 0 Å². The van der Waals surface area contributed by atoms with Gasteiger partial charge in [0.05, 0.1) is 19.3 Å². The van der Waals surface area contributed by atoms with Gasteiger partial charge in [-0.25, -0.2) is 0 Å². The lowest BCUT2D eigenvalue weighted by Gasteiger charge is -2.47. The van der Waals surface area contributed by atoms with Crippen molar-refractivity contribution in [2.75, 3.05) is 37.7 Å². The summed E-state index contributed by atoms with van der Waals surface area (Å²) < 4.78 is 11.3. The van der Waals surface area contributed by atoms with Crippen molar-refractivity contribution in [3.05, 3.63) is 30.3 Å². The van der Waals surface area contributed by atoms with Crippen molar-refractivity contribution >= 4 is 6.01 Å². The van der Waals surface area contributed by atoms with E-state index in [-0.39, 0.29) is 0 Å². The van der Waals surface area contributed by atoms with Crippen molar-refractivity contribution in [2.24, 2.45) is 0 Å². The fourth-order valence-electron chi connectivity index (χ4n) is 3.74. The molecule has 0 spiro atoms. The molecular weight excluding hydrogens is 304 g/mol. The summed E-state index contributed by atoms with van der Waals surface area (Å²) in [5, 5.41) is 4.14. The lowest BCUT2D eigenvalue weighted by atomic mass is 10.0. The minimum Gasteiger partial charge on any atom is -0.378 e. The summed E-state index contributed by atoms with van der Waals surface area (Å²) >= 11 is 0. The van der Waals surface area contributed by atoms with Crippen molar-refractivity contribution in [1.29, 1.82) is 0 Å². The van der Waals surface area contributed by atoms with Crippen LogP contribution >= 0.6 is 0 Å². The van der Waals surface area contributed by atoms with Gasteiger partial charge < -0.3 is 14.2 Å². The molecule has 0 aliphatic carbocycles. The first-order valence-electron chi connectivity index (χ1n) is 8.82. The van der Waals surface area contributed by atoms with Crippen molar-refractivity contribution in [3.8, 4) is 11.4 Å². The van der Waals surface area contributed by atoms with Crippen molar-refractivity contribution in [2.45, 2.75) is 31.8 Å². The van der Waals surface area contributed by atoms with Crippen molar-refractivity contribution < 1.29 is 9.26 Å². The van der Waals surface area contributed by atoms with E-state index in [0.717, 1.165) is 38.4 Å². The molecule has 0 bridgehead atoms. The van der Waals surface area contributed by atoms with Gasteiger partial charge in [0.2, 0.25) is 5.82 Å². The number of fused-ring (bicyclic) bond motifs is 1. The zero-order valence-corrected chi connectivity index (χ0v) is 14.1. The Morgan fingerprint density at radius 2 is 2.04 bits per heavy atom. The van der Waals surface area contributed by atoms with Gasteiger partial charge in [0, 0.05) is 31.2 Å². The Bertz CT molecular complexity index is 658. The van der Waals surface area contributed by atoms with Crippen molar-refractivity contribution in [1.82, 2.24) is 15.0 Å². The maximum absolute atomic E-state index is 5.83. The molecule has 2 aromatic rings. The third-order valence-electron chi connectivity index (χ3n) is 4.96. The maximum Gasteiger partial charge on any atom is 0.324 e. The molecule has 6 nitrogen and oxygen atoms in total. The summed E-state index contributed by atoms with van der Waals surface area (Å²) in [7, 11) is 0. The van der Waals surface area contributed by atoms with Crippen LogP contribution in [0, 0.1) is 0 Å². The van der Waals surface area contributed by atoms with E-state index < -0.39 is 0 Å². The Balaban J connectivity index is 1.46. The first-order chi connectivity index (χ1) is 11.8. The molecule has 2 aliphatic heterocycles. The number of rotatable bonds is 4. The normalized spacial score (nSPS) is 24.8. The minimum atomic E-state index is 0.413. The highest BCUT2D eigenvalue weighted by Crippen LogP contribution is 2.25. The van der Waals surface area contributed by atoms with Crippen LogP contribution < -0.4 is 4.90 Å². The zero-order chi connectivity index (χ0) is 16.4. The van der Waals surface area contributed by atoms with Crippen LogP contribution in [0.25, 0.3) is 11.4 Å². The molecule has 0 unspecified atom stereocenters. The number of morpholine rings is 1. The Morgan fingerprint density at radius 3 is 2.88 bits per heavy atom. The quantitative estimate of drug-likeness (QED) is 0.859. The van der Waals surface area contributed by atoms with E-state index in [1.54, 1.807) is 0 Å². The van der Waals surface area contributed by atoms with E-state index in [2.05, 4.69) is 26.9 Å². The van der Waals surface area contributed by atoms with Crippen molar-refractivity contribution in [3.63, 3.8) is 0 Å². The minimum absolute atomic E-state index is 0.413. The molecule has 0 saturated carbocycles. The van der Waals surface area contributed by atoms with Gasteiger partial charge in [-0.05, 0) is 6.42 Å². The van der Waals surface area contributed by atoms with Crippen LogP contribution in [0.15, 0.2) is 34.9 Å². The van der Waals surface area contributed by atoms with E-state index in [0.29, 0.717) is 23.9 Å². The average Bonchev–Trinajstić information content (AvgIpc) is 3.13. The molecule has 2 atom stereocenters. The Hall–Kier alpha value is -1.92. The molecule has 4 rings (SSSR count). The van der Waals surface area contributed by atoms with Gasteiger partial charge in [-0.15, -0.1) is 0 Å². The smallest absolute Gasteiger partial charge is 0.324 e. The molecule has 1 aromatic heterocycles. The number of piperazine rings is 1. The Labute approximate surface area is 142 Å². The lowest BCUT2D eigenvalue weighted by molar-refractivity contribution is -0.0563. The van der Waals surface area contributed by atoms with E-state index in [1.807, 2.05) is 30.3 Å². The molecule has 0 radical (unpaired) electrons. The molecule has 128 valence electrons. The summed E-state index contributed by atoms with van der Waals surface area (Å²) in [5.74, 6) is 0.650. The molecule has 2 aliphatic rings. The van der Waals surface area contributed by atoms with Crippen LogP contribution in [0.3, 0.4) is 0 Å². The highest BCUT2D eigenvalue weighted by atomic mass is 16.5. The first kappa shape index (κ1) is 15.6. The standard InChI is InChI=1S/C18H24N4O2/c1-2-6-15-12-23-13-16-11-21(9-10-22(15)16)18-19-17(20-24-18)14-7-4-3-5-8-14/h3-5,7-8,15-16H,2,6,9-13H2,1H3/t15-,16+/m0/s1. The fourth-order valence-corrected chi connectivity index (χ4v) is 3.74. The number of aromatic nitrogens is 2. The molecule has 6 heteroatoms. The second-order valence-corrected chi connectivity index (χ2v) is 6.58. The lowest BCUT2D eigenvalue weighted by Crippen LogP contribution is -2.62. The van der Waals surface area contributed by atoms with E-state index in [9.17, 15) is 0 Å². The van der Waals surface area contributed by atoms with Gasteiger partial charge >= 0.3 is 6.01 Å². The third kappa shape index (κ3) is 3.03. The molecule has 2 fully saturated rings. The predicted molar refractivity (Wildman–Crippen MR) is 92.0 cm³/mol. The number of hydrogen-bond acceptors (Lipinski definition) is 6. The van der Waals surface area contributed by atoms with Gasteiger partial charge in [-0.1, -0.05) is 48.8 Å². The van der Waals surface area contributed by atoms with Gasteiger partial charge in [0.25, 0.3) is 0 Å². The van der Waals surface area contributed by atoms with Crippen LogP contribution in [-0.4, -0.2) is 60.0 Å². The van der Waals surface area contributed by atoms with E-state index >= 15 is 0 Å². The Kier molecular flexibility index (Phi) is 4.49. The van der Waals surface area contributed by atoms with Crippen LogP contribution in [-0.2, 0) is 4.74 Å². The zero-order valence-electron chi connectivity index (χ0n) is 14.1. The molecule has 0 N–H and O–H groups in total. The summed E-state index contributed by atoms with van der Waals surface area (Å²) in [5.41, 5.74) is 0.982. The summed E-state index contributed by atoms with van der Waals surface area (Å²) in [4.78, 5) is 9.39. The monoisotopic (exact) mass is 328 g/mol. The van der Waals surface area contributed by atoms with Crippen LogP contribution in [0.1, 0.15) is 19.8 Å². The first-order valence-corrected chi connectivity index (χ1v) is 8.82. The predicted octanol–water partition coefficient (Wildman–Crippen LogP) is 2.43. The number of nitrogens with zero attached hydrogens (tertiary/aromatic N) is 4. The fraction of sp³-hybridized carbons (Fsp3) is 0.556. The molecule has 3 heterocycles. The SMILES string of the molecule is CCC[C@H]1COC[C@H]2CN(c3nc(-c4ccccc4)no3)CCN12. The number of ether oxygens (including phenoxy) is 1. The van der Waals surface area contributed by atoms with E-state index in [4.69, 9.17) is 9.26 Å². The topological polar surface area (TPSA) is 54.6 Å². The molecule has 1 aromatic carbocycles. The molecular formula is C18H24N4O2. The molecule has 2 saturated heterocycles. The summed E-state index contributed by atoms with van der Waals surface area (Å²) in [6.45, 7) is 6.73. The summed E-state index contributed by atoms with van der Waals surface area (Å²) in [6.07, 6.45) is 2.40. The second-order valence-electron chi connectivity index (χ2n) is 6.58. The largest absolute Gasteiger partial charge is 0.378 e. The second kappa shape index (κ2) is 6.91. The highest BCUT2D eigenvalue weighted by Gasteiger charge is 2.36. The van der Waals surface area contributed by atoms with Crippen LogP contribution in [0.2, 0.25) is 0 Å². The van der Waals surface area contributed by atoms with E-state index in [1.165, 1.54) is 12.8 Å². The summed E-state index contributed by atoms with van der Waals surface area (Å²) in [6, 6.07) is 11.5. The van der Waals surface area contributed by atoms with Gasteiger partial charge in [-0.2, -0.15) is 4.98 Å².